The summed E-state index contributed by atoms with van der Waals surface area (Å²) >= 11 is 0. The molecule has 0 unspecified atom stereocenters. The normalized spacial score (nSPS) is 24.2. The van der Waals surface area contributed by atoms with Crippen molar-refractivity contribution in [3.63, 3.8) is 0 Å². The van der Waals surface area contributed by atoms with Crippen LogP contribution in [0.5, 0.6) is 5.75 Å². The standard InChI is InChI=1S/C26H34O7/c1-15(10-11-20-17(3)13-21(31-6)19(5)18(20)4)8-7-9-16(2)12-23(28)33-26-25(30)24(29)22(14-27)32-26/h7-13,22,24-27,29-30H,14H2,1-6H3/t22-,24-,25-,26+/m1/s1. The van der Waals surface area contributed by atoms with Gasteiger partial charge in [-0.25, -0.2) is 4.79 Å². The SMILES string of the molecule is COc1cc(C)c(C=CC(C)=CC=CC(C)=CC(=O)O[C@@H]2O[C@H](CO)[C@@H](O)[C@H]2O)c(C)c1C. The highest BCUT2D eigenvalue weighted by molar-refractivity contribution is 5.83. The van der Waals surface area contributed by atoms with E-state index >= 15 is 0 Å². The lowest BCUT2D eigenvalue weighted by Gasteiger charge is -2.14. The van der Waals surface area contributed by atoms with Gasteiger partial charge in [-0.3, -0.25) is 0 Å². The summed E-state index contributed by atoms with van der Waals surface area (Å²) in [7, 11) is 1.68. The third kappa shape index (κ3) is 6.88. The maximum Gasteiger partial charge on any atom is 0.333 e. The molecule has 0 bridgehead atoms. The second kappa shape index (κ2) is 12.0. The molecule has 2 rings (SSSR count). The van der Waals surface area contributed by atoms with Crippen molar-refractivity contribution in [2.24, 2.45) is 0 Å². The Morgan fingerprint density at radius 2 is 1.79 bits per heavy atom. The first kappa shape index (κ1) is 26.5. The molecule has 7 nitrogen and oxygen atoms in total. The highest BCUT2D eigenvalue weighted by Crippen LogP contribution is 2.28. The maximum absolute atomic E-state index is 12.0. The molecule has 0 saturated carbocycles. The van der Waals surface area contributed by atoms with E-state index in [0.717, 1.165) is 28.0 Å². The lowest BCUT2D eigenvalue weighted by molar-refractivity contribution is -0.184. The number of esters is 1. The molecule has 0 amide bonds. The van der Waals surface area contributed by atoms with Gasteiger partial charge in [0.1, 0.15) is 24.1 Å². The van der Waals surface area contributed by atoms with Gasteiger partial charge in [0.25, 0.3) is 0 Å². The van der Waals surface area contributed by atoms with E-state index in [0.29, 0.717) is 5.57 Å². The first-order valence-electron chi connectivity index (χ1n) is 10.8. The molecule has 33 heavy (non-hydrogen) atoms. The Morgan fingerprint density at radius 3 is 2.39 bits per heavy atom. The van der Waals surface area contributed by atoms with Gasteiger partial charge in [0, 0.05) is 6.08 Å². The summed E-state index contributed by atoms with van der Waals surface area (Å²) in [6.45, 7) is 9.42. The number of aliphatic hydroxyl groups is 3. The van der Waals surface area contributed by atoms with E-state index in [-0.39, 0.29) is 0 Å². The average molecular weight is 459 g/mol. The van der Waals surface area contributed by atoms with Crippen molar-refractivity contribution in [3.05, 3.63) is 69.8 Å². The summed E-state index contributed by atoms with van der Waals surface area (Å²) in [6.07, 6.45) is 5.84. The van der Waals surface area contributed by atoms with Crippen molar-refractivity contribution in [2.75, 3.05) is 13.7 Å². The number of aliphatic hydroxyl groups excluding tert-OH is 3. The largest absolute Gasteiger partial charge is 0.496 e. The Balaban J connectivity index is 1.99. The van der Waals surface area contributed by atoms with Crippen molar-refractivity contribution < 1.29 is 34.3 Å². The average Bonchev–Trinajstić information content (AvgIpc) is 3.03. The Kier molecular flexibility index (Phi) is 9.61. The number of benzene rings is 1. The summed E-state index contributed by atoms with van der Waals surface area (Å²) in [5, 5.41) is 28.6. The molecule has 4 atom stereocenters. The van der Waals surface area contributed by atoms with Gasteiger partial charge in [-0.05, 0) is 68.5 Å². The zero-order valence-electron chi connectivity index (χ0n) is 20.0. The maximum atomic E-state index is 12.0. The molecule has 1 aliphatic rings. The van der Waals surface area contributed by atoms with Crippen LogP contribution in [0.2, 0.25) is 0 Å². The van der Waals surface area contributed by atoms with Crippen LogP contribution in [0.1, 0.15) is 36.1 Å². The van der Waals surface area contributed by atoms with Crippen LogP contribution in [0, 0.1) is 20.8 Å². The molecular weight excluding hydrogens is 424 g/mol. The number of carbonyl (C=O) groups excluding carboxylic acids is 1. The number of hydrogen-bond acceptors (Lipinski definition) is 7. The van der Waals surface area contributed by atoms with Crippen LogP contribution in [0.25, 0.3) is 6.08 Å². The predicted molar refractivity (Wildman–Crippen MR) is 127 cm³/mol. The molecule has 0 aliphatic carbocycles. The van der Waals surface area contributed by atoms with Crippen molar-refractivity contribution in [1.29, 1.82) is 0 Å². The number of allylic oxidation sites excluding steroid dienone is 6. The number of rotatable bonds is 8. The van der Waals surface area contributed by atoms with Crippen LogP contribution in [0.15, 0.2) is 47.6 Å². The van der Waals surface area contributed by atoms with Crippen LogP contribution in [0.3, 0.4) is 0 Å². The van der Waals surface area contributed by atoms with Crippen molar-refractivity contribution >= 4 is 12.0 Å². The molecule has 1 aromatic carbocycles. The Bertz CT molecular complexity index is 971. The first-order chi connectivity index (χ1) is 15.6. The Morgan fingerprint density at radius 1 is 1.09 bits per heavy atom. The van der Waals surface area contributed by atoms with Crippen molar-refractivity contribution in [2.45, 2.75) is 59.2 Å². The summed E-state index contributed by atoms with van der Waals surface area (Å²) in [5.74, 6) is 0.171. The molecule has 0 spiro atoms. The Hall–Kier alpha value is -2.71. The van der Waals surface area contributed by atoms with E-state index < -0.39 is 37.2 Å². The van der Waals surface area contributed by atoms with Gasteiger partial charge in [0.05, 0.1) is 13.7 Å². The summed E-state index contributed by atoms with van der Waals surface area (Å²) in [6, 6.07) is 2.04. The van der Waals surface area contributed by atoms with Gasteiger partial charge < -0.3 is 29.5 Å². The Labute approximate surface area is 195 Å². The molecule has 1 aromatic rings. The van der Waals surface area contributed by atoms with Gasteiger partial charge in [-0.15, -0.1) is 0 Å². The molecular formula is C26H34O7. The zero-order chi connectivity index (χ0) is 24.7. The highest BCUT2D eigenvalue weighted by atomic mass is 16.7. The third-order valence-corrected chi connectivity index (χ3v) is 5.64. The van der Waals surface area contributed by atoms with Crippen LogP contribution in [-0.4, -0.2) is 59.6 Å². The monoisotopic (exact) mass is 458 g/mol. The topological polar surface area (TPSA) is 105 Å². The fourth-order valence-corrected chi connectivity index (χ4v) is 3.50. The number of ether oxygens (including phenoxy) is 3. The first-order valence-corrected chi connectivity index (χ1v) is 10.8. The van der Waals surface area contributed by atoms with Crippen LogP contribution < -0.4 is 4.74 Å². The second-order valence-electron chi connectivity index (χ2n) is 8.19. The third-order valence-electron chi connectivity index (χ3n) is 5.64. The molecule has 0 aromatic heterocycles. The minimum Gasteiger partial charge on any atom is -0.496 e. The van der Waals surface area contributed by atoms with E-state index in [4.69, 9.17) is 19.3 Å². The predicted octanol–water partition coefficient (Wildman–Crippen LogP) is 3.06. The van der Waals surface area contributed by atoms with Crippen molar-refractivity contribution in [3.8, 4) is 5.75 Å². The van der Waals surface area contributed by atoms with Gasteiger partial charge in [0.2, 0.25) is 6.29 Å². The van der Waals surface area contributed by atoms with Crippen molar-refractivity contribution in [1.82, 2.24) is 0 Å². The summed E-state index contributed by atoms with van der Waals surface area (Å²) in [5.41, 5.74) is 6.26. The number of aryl methyl sites for hydroxylation is 1. The van der Waals surface area contributed by atoms with Gasteiger partial charge in [-0.1, -0.05) is 36.0 Å². The highest BCUT2D eigenvalue weighted by Gasteiger charge is 2.44. The molecule has 3 N–H and O–H groups in total. The molecule has 1 saturated heterocycles. The number of methoxy groups -OCH3 is 1. The van der Waals surface area contributed by atoms with E-state index in [1.54, 1.807) is 20.1 Å². The fourth-order valence-electron chi connectivity index (χ4n) is 3.50. The van der Waals surface area contributed by atoms with Gasteiger partial charge in [0.15, 0.2) is 0 Å². The minimum absolute atomic E-state index is 0.485. The fraction of sp³-hybridized carbons (Fsp3) is 0.423. The van der Waals surface area contributed by atoms with Gasteiger partial charge in [-0.2, -0.15) is 0 Å². The molecule has 180 valence electrons. The van der Waals surface area contributed by atoms with E-state index in [2.05, 4.69) is 19.9 Å². The van der Waals surface area contributed by atoms with Crippen LogP contribution in [0.4, 0.5) is 0 Å². The van der Waals surface area contributed by atoms with Gasteiger partial charge >= 0.3 is 5.97 Å². The number of carbonyl (C=O) groups is 1. The molecule has 0 radical (unpaired) electrons. The zero-order valence-corrected chi connectivity index (χ0v) is 20.0. The lowest BCUT2D eigenvalue weighted by Crippen LogP contribution is -2.35. The molecule has 1 aliphatic heterocycles. The lowest BCUT2D eigenvalue weighted by atomic mass is 9.96. The minimum atomic E-state index is -1.41. The molecule has 1 heterocycles. The van der Waals surface area contributed by atoms with E-state index in [9.17, 15) is 15.0 Å². The molecule has 7 heteroatoms. The summed E-state index contributed by atoms with van der Waals surface area (Å²) < 4.78 is 15.6. The van der Waals surface area contributed by atoms with Crippen LogP contribution in [-0.2, 0) is 14.3 Å². The quantitative estimate of drug-likeness (QED) is 0.312. The van der Waals surface area contributed by atoms with E-state index in [1.165, 1.54) is 11.6 Å². The van der Waals surface area contributed by atoms with E-state index in [1.807, 2.05) is 38.1 Å². The second-order valence-corrected chi connectivity index (χ2v) is 8.19. The molecule has 1 fully saturated rings. The van der Waals surface area contributed by atoms with Crippen LogP contribution >= 0.6 is 0 Å². The summed E-state index contributed by atoms with van der Waals surface area (Å²) in [4.78, 5) is 12.0. The number of hydrogen-bond donors (Lipinski definition) is 3. The smallest absolute Gasteiger partial charge is 0.333 e.